The van der Waals surface area contributed by atoms with Crippen LogP contribution in [0.1, 0.15) is 25.7 Å². The molecule has 0 aliphatic heterocycles. The number of rotatable bonds is 10. The maximum atomic E-state index is 11.4. The Kier molecular flexibility index (Phi) is 6.78. The molecule has 0 saturated heterocycles. The lowest BCUT2D eigenvalue weighted by molar-refractivity contribution is -0.145. The number of urea groups is 1. The van der Waals surface area contributed by atoms with Crippen LogP contribution in [0.3, 0.4) is 0 Å². The van der Waals surface area contributed by atoms with Crippen LogP contribution in [-0.4, -0.2) is 54.0 Å². The number of ether oxygens (including phenoxy) is 1. The third-order valence-corrected chi connectivity index (χ3v) is 2.78. The van der Waals surface area contributed by atoms with Gasteiger partial charge in [-0.1, -0.05) is 0 Å². The molecule has 0 unspecified atom stereocenters. The van der Waals surface area contributed by atoms with Gasteiger partial charge >= 0.3 is 18.0 Å². The van der Waals surface area contributed by atoms with Gasteiger partial charge in [-0.25, -0.2) is 9.59 Å². The number of carbonyl (C=O) groups excluding carboxylic acids is 1. The van der Waals surface area contributed by atoms with Crippen molar-refractivity contribution in [1.82, 2.24) is 10.6 Å². The van der Waals surface area contributed by atoms with Gasteiger partial charge in [-0.05, 0) is 25.2 Å². The van der Waals surface area contributed by atoms with Crippen molar-refractivity contribution in [3.8, 4) is 0 Å². The number of carbonyl (C=O) groups is 3. The summed E-state index contributed by atoms with van der Waals surface area (Å²) in [7, 11) is 0. The van der Waals surface area contributed by atoms with Gasteiger partial charge in [0.25, 0.3) is 0 Å². The zero-order valence-corrected chi connectivity index (χ0v) is 11.1. The van der Waals surface area contributed by atoms with Crippen LogP contribution in [0.2, 0.25) is 0 Å². The Morgan fingerprint density at radius 1 is 1.25 bits per heavy atom. The molecule has 114 valence electrons. The third-order valence-electron chi connectivity index (χ3n) is 2.78. The number of aliphatic carboxylic acids is 2. The predicted octanol–water partition coefficient (Wildman–Crippen LogP) is 0.0302. The molecule has 4 N–H and O–H groups in total. The molecule has 1 atom stereocenters. The highest BCUT2D eigenvalue weighted by Crippen LogP contribution is 2.28. The molecule has 0 aromatic heterocycles. The Labute approximate surface area is 116 Å². The zero-order valence-electron chi connectivity index (χ0n) is 11.1. The SMILES string of the molecule is O=C(O)C[C@@H](NC(=O)NCCCOCC1CC1)C(=O)O. The standard InChI is InChI=1S/C12H20N2O6/c15-10(16)6-9(11(17)18)14-12(19)13-4-1-5-20-7-8-2-3-8/h8-9H,1-7H2,(H,15,16)(H,17,18)(H2,13,14,19)/t9-/m1/s1. The zero-order chi connectivity index (χ0) is 15.0. The summed E-state index contributed by atoms with van der Waals surface area (Å²) < 4.78 is 5.37. The minimum Gasteiger partial charge on any atom is -0.481 e. The second-order valence-corrected chi connectivity index (χ2v) is 4.76. The number of amides is 2. The lowest BCUT2D eigenvalue weighted by Gasteiger charge is -2.13. The highest BCUT2D eigenvalue weighted by atomic mass is 16.5. The van der Waals surface area contributed by atoms with E-state index in [1.54, 1.807) is 0 Å². The Morgan fingerprint density at radius 3 is 2.50 bits per heavy atom. The van der Waals surface area contributed by atoms with E-state index in [4.69, 9.17) is 14.9 Å². The molecule has 8 nitrogen and oxygen atoms in total. The molecule has 1 rings (SSSR count). The van der Waals surface area contributed by atoms with E-state index in [1.807, 2.05) is 0 Å². The molecule has 1 aliphatic rings. The van der Waals surface area contributed by atoms with Crippen LogP contribution < -0.4 is 10.6 Å². The van der Waals surface area contributed by atoms with Crippen molar-refractivity contribution in [1.29, 1.82) is 0 Å². The van der Waals surface area contributed by atoms with Gasteiger partial charge in [0, 0.05) is 19.8 Å². The maximum absolute atomic E-state index is 11.4. The quantitative estimate of drug-likeness (QED) is 0.420. The fourth-order valence-corrected chi connectivity index (χ4v) is 1.49. The van der Waals surface area contributed by atoms with E-state index < -0.39 is 30.4 Å². The first-order valence-corrected chi connectivity index (χ1v) is 6.55. The van der Waals surface area contributed by atoms with Crippen LogP contribution >= 0.6 is 0 Å². The van der Waals surface area contributed by atoms with Crippen LogP contribution in [-0.2, 0) is 14.3 Å². The fraction of sp³-hybridized carbons (Fsp3) is 0.750. The monoisotopic (exact) mass is 288 g/mol. The van der Waals surface area contributed by atoms with Gasteiger partial charge in [0.15, 0.2) is 0 Å². The predicted molar refractivity (Wildman–Crippen MR) is 68.4 cm³/mol. The van der Waals surface area contributed by atoms with Gasteiger partial charge in [-0.15, -0.1) is 0 Å². The summed E-state index contributed by atoms with van der Waals surface area (Å²) in [6.07, 6.45) is 2.41. The van der Waals surface area contributed by atoms with Gasteiger partial charge in [0.1, 0.15) is 6.04 Å². The molecule has 0 spiro atoms. The summed E-state index contributed by atoms with van der Waals surface area (Å²) in [6.45, 7) is 1.63. The van der Waals surface area contributed by atoms with E-state index in [9.17, 15) is 14.4 Å². The number of carboxylic acid groups (broad SMARTS) is 2. The van der Waals surface area contributed by atoms with Crippen molar-refractivity contribution in [3.05, 3.63) is 0 Å². The average Bonchev–Trinajstić information content (AvgIpc) is 3.16. The molecule has 0 radical (unpaired) electrons. The van der Waals surface area contributed by atoms with Crippen LogP contribution in [0.4, 0.5) is 4.79 Å². The molecule has 2 amide bonds. The molecule has 1 aliphatic carbocycles. The summed E-state index contributed by atoms with van der Waals surface area (Å²) in [5.74, 6) is -1.97. The first-order chi connectivity index (χ1) is 9.49. The van der Waals surface area contributed by atoms with Gasteiger partial charge in [-0.2, -0.15) is 0 Å². The second-order valence-electron chi connectivity index (χ2n) is 4.76. The maximum Gasteiger partial charge on any atom is 0.326 e. The topological polar surface area (TPSA) is 125 Å². The molecule has 0 heterocycles. The number of nitrogens with one attached hydrogen (secondary N) is 2. The van der Waals surface area contributed by atoms with Crippen molar-refractivity contribution < 1.29 is 29.3 Å². The van der Waals surface area contributed by atoms with E-state index in [0.29, 0.717) is 25.5 Å². The summed E-state index contributed by atoms with van der Waals surface area (Å²) in [4.78, 5) is 32.5. The summed E-state index contributed by atoms with van der Waals surface area (Å²) >= 11 is 0. The number of hydrogen-bond acceptors (Lipinski definition) is 4. The van der Waals surface area contributed by atoms with Crippen molar-refractivity contribution in [2.24, 2.45) is 5.92 Å². The van der Waals surface area contributed by atoms with Crippen LogP contribution in [0.25, 0.3) is 0 Å². The molecule has 0 bridgehead atoms. The van der Waals surface area contributed by atoms with Gasteiger partial charge < -0.3 is 25.6 Å². The smallest absolute Gasteiger partial charge is 0.326 e. The van der Waals surface area contributed by atoms with E-state index in [2.05, 4.69) is 10.6 Å². The Balaban J connectivity index is 2.07. The summed E-state index contributed by atoms with van der Waals surface area (Å²) in [5.41, 5.74) is 0. The highest BCUT2D eigenvalue weighted by Gasteiger charge is 2.23. The lowest BCUT2D eigenvalue weighted by Crippen LogP contribution is -2.47. The minimum atomic E-state index is -1.43. The van der Waals surface area contributed by atoms with Crippen LogP contribution in [0.15, 0.2) is 0 Å². The molecule has 1 fully saturated rings. The summed E-state index contributed by atoms with van der Waals surface area (Å²) in [5, 5.41) is 21.8. The van der Waals surface area contributed by atoms with E-state index >= 15 is 0 Å². The van der Waals surface area contributed by atoms with Crippen molar-refractivity contribution in [2.45, 2.75) is 31.7 Å². The van der Waals surface area contributed by atoms with Crippen molar-refractivity contribution in [3.63, 3.8) is 0 Å². The van der Waals surface area contributed by atoms with E-state index in [0.717, 1.165) is 6.61 Å². The second kappa shape index (κ2) is 8.36. The minimum absolute atomic E-state index is 0.343. The van der Waals surface area contributed by atoms with Crippen LogP contribution in [0.5, 0.6) is 0 Å². The molecule has 8 heteroatoms. The fourth-order valence-electron chi connectivity index (χ4n) is 1.49. The molecule has 0 aromatic rings. The number of carboxylic acids is 2. The van der Waals surface area contributed by atoms with Gasteiger partial charge in [0.2, 0.25) is 0 Å². The van der Waals surface area contributed by atoms with Crippen molar-refractivity contribution >= 4 is 18.0 Å². The largest absolute Gasteiger partial charge is 0.481 e. The molecule has 1 saturated carbocycles. The first kappa shape index (κ1) is 16.2. The van der Waals surface area contributed by atoms with E-state index in [1.165, 1.54) is 12.8 Å². The lowest BCUT2D eigenvalue weighted by atomic mass is 10.2. The molecular weight excluding hydrogens is 268 g/mol. The highest BCUT2D eigenvalue weighted by molar-refractivity contribution is 5.86. The van der Waals surface area contributed by atoms with Gasteiger partial charge in [-0.3, -0.25) is 4.79 Å². The molecule has 0 aromatic carbocycles. The van der Waals surface area contributed by atoms with Crippen molar-refractivity contribution in [2.75, 3.05) is 19.8 Å². The average molecular weight is 288 g/mol. The van der Waals surface area contributed by atoms with E-state index in [-0.39, 0.29) is 0 Å². The Bertz CT molecular complexity index is 356. The third kappa shape index (κ3) is 7.57. The molecule has 20 heavy (non-hydrogen) atoms. The van der Waals surface area contributed by atoms with Crippen LogP contribution in [0, 0.1) is 5.92 Å². The van der Waals surface area contributed by atoms with Gasteiger partial charge in [0.05, 0.1) is 6.42 Å². The Morgan fingerprint density at radius 2 is 1.95 bits per heavy atom. The summed E-state index contributed by atoms with van der Waals surface area (Å²) in [6, 6.07) is -2.13. The number of hydrogen-bond donors (Lipinski definition) is 4. The molecular formula is C12H20N2O6. The normalized spacial score (nSPS) is 15.4. The first-order valence-electron chi connectivity index (χ1n) is 6.55. The Hall–Kier alpha value is -1.83.